The van der Waals surface area contributed by atoms with Crippen molar-refractivity contribution in [3.05, 3.63) is 53.2 Å². The Labute approximate surface area is 217 Å². The van der Waals surface area contributed by atoms with Crippen LogP contribution in [0.3, 0.4) is 0 Å². The van der Waals surface area contributed by atoms with Crippen LogP contribution in [0, 0.1) is 5.92 Å². The largest absolute Gasteiger partial charge is 0.361 e. The predicted octanol–water partition coefficient (Wildman–Crippen LogP) is 3.81. The average Bonchev–Trinajstić information content (AvgIpc) is 3.29. The number of hydrogen-bond donors (Lipinski definition) is 2. The molecule has 7 rings (SSSR count). The minimum Gasteiger partial charge on any atom is -0.361 e. The molecule has 0 spiro atoms. The predicted molar refractivity (Wildman–Crippen MR) is 144 cm³/mol. The van der Waals surface area contributed by atoms with E-state index in [9.17, 15) is 4.79 Å². The number of H-pyrrole nitrogens is 1. The van der Waals surface area contributed by atoms with Crippen molar-refractivity contribution in [3.8, 4) is 5.69 Å². The zero-order chi connectivity index (χ0) is 24.8. The SMILES string of the molecule is O=C(CC1CC1)N1CCN(c2nc(NCc3nc4ccccc4[nH]3)c3ncn(-c4ccsc4)c3n2)CC1. The van der Waals surface area contributed by atoms with E-state index in [1.54, 1.807) is 17.7 Å². The van der Waals surface area contributed by atoms with E-state index in [1.165, 1.54) is 12.8 Å². The number of thiophene rings is 1. The highest BCUT2D eigenvalue weighted by Crippen LogP contribution is 2.33. The van der Waals surface area contributed by atoms with Gasteiger partial charge in [-0.1, -0.05) is 12.1 Å². The fourth-order valence-electron chi connectivity index (χ4n) is 4.85. The number of benzene rings is 1. The molecule has 2 aliphatic rings. The third-order valence-electron chi connectivity index (χ3n) is 7.11. The fraction of sp³-hybridized carbons (Fsp3) is 0.346. The van der Waals surface area contributed by atoms with E-state index in [0.717, 1.165) is 28.2 Å². The van der Waals surface area contributed by atoms with Crippen LogP contribution in [-0.2, 0) is 11.3 Å². The molecule has 1 amide bonds. The Kier molecular flexibility index (Phi) is 5.49. The van der Waals surface area contributed by atoms with Gasteiger partial charge in [0, 0.05) is 38.0 Å². The van der Waals surface area contributed by atoms with Crippen molar-refractivity contribution >= 4 is 51.2 Å². The summed E-state index contributed by atoms with van der Waals surface area (Å²) >= 11 is 1.64. The number of anilines is 2. The third kappa shape index (κ3) is 4.39. The molecule has 4 aromatic heterocycles. The second-order valence-electron chi connectivity index (χ2n) is 9.71. The Hall–Kier alpha value is -3.99. The topological polar surface area (TPSA) is 108 Å². The van der Waals surface area contributed by atoms with E-state index in [1.807, 2.05) is 39.1 Å². The standard InChI is InChI=1S/C26H27N9OS/c36-22(13-17-5-6-17)33-8-10-34(11-9-33)26-31-24(27-14-21-29-19-3-1-2-4-20(19)30-21)23-25(32-26)35(16-28-23)18-7-12-37-15-18/h1-4,7,12,15-17H,5-6,8-11,13-14H2,(H,29,30)(H,27,31,32). The molecule has 11 heteroatoms. The summed E-state index contributed by atoms with van der Waals surface area (Å²) in [4.78, 5) is 39.3. The highest BCUT2D eigenvalue weighted by molar-refractivity contribution is 7.08. The first kappa shape index (κ1) is 22.2. The average molecular weight is 514 g/mol. The first-order valence-electron chi connectivity index (χ1n) is 12.7. The smallest absolute Gasteiger partial charge is 0.229 e. The minimum atomic E-state index is 0.280. The van der Waals surface area contributed by atoms with Gasteiger partial charge in [-0.3, -0.25) is 9.36 Å². The molecule has 5 heterocycles. The number of piperazine rings is 1. The summed E-state index contributed by atoms with van der Waals surface area (Å²) < 4.78 is 2.00. The zero-order valence-corrected chi connectivity index (χ0v) is 21.1. The molecule has 0 unspecified atom stereocenters. The second-order valence-corrected chi connectivity index (χ2v) is 10.5. The molecule has 188 valence electrons. The number of nitrogens with one attached hydrogen (secondary N) is 2. The molecule has 2 fully saturated rings. The van der Waals surface area contributed by atoms with E-state index in [0.29, 0.717) is 62.3 Å². The normalized spacial score (nSPS) is 16.1. The van der Waals surface area contributed by atoms with Gasteiger partial charge in [-0.05, 0) is 42.3 Å². The van der Waals surface area contributed by atoms with Crippen LogP contribution in [0.25, 0.3) is 27.9 Å². The maximum absolute atomic E-state index is 12.6. The number of carbonyl (C=O) groups is 1. The van der Waals surface area contributed by atoms with Crippen LogP contribution in [0.1, 0.15) is 25.1 Å². The van der Waals surface area contributed by atoms with Gasteiger partial charge in [-0.25, -0.2) is 9.97 Å². The molecule has 1 aromatic carbocycles. The number of rotatable bonds is 7. The molecule has 10 nitrogen and oxygen atoms in total. The van der Waals surface area contributed by atoms with Crippen molar-refractivity contribution < 1.29 is 4.79 Å². The number of fused-ring (bicyclic) bond motifs is 2. The van der Waals surface area contributed by atoms with Crippen molar-refractivity contribution in [3.63, 3.8) is 0 Å². The van der Waals surface area contributed by atoms with E-state index < -0.39 is 0 Å². The molecule has 1 aliphatic heterocycles. The number of para-hydroxylation sites is 2. The fourth-order valence-corrected chi connectivity index (χ4v) is 5.48. The third-order valence-corrected chi connectivity index (χ3v) is 7.78. The van der Waals surface area contributed by atoms with Crippen molar-refractivity contribution in [2.24, 2.45) is 5.92 Å². The van der Waals surface area contributed by atoms with Crippen LogP contribution >= 0.6 is 11.3 Å². The molecule has 1 saturated carbocycles. The van der Waals surface area contributed by atoms with Crippen molar-refractivity contribution in [2.75, 3.05) is 36.4 Å². The Morgan fingerprint density at radius 2 is 1.95 bits per heavy atom. The highest BCUT2D eigenvalue weighted by atomic mass is 32.1. The lowest BCUT2D eigenvalue weighted by atomic mass is 10.2. The summed E-state index contributed by atoms with van der Waals surface area (Å²) in [7, 11) is 0. The van der Waals surface area contributed by atoms with Gasteiger partial charge in [0.15, 0.2) is 17.0 Å². The van der Waals surface area contributed by atoms with E-state index in [4.69, 9.17) is 9.97 Å². The van der Waals surface area contributed by atoms with Gasteiger partial charge in [-0.2, -0.15) is 21.3 Å². The number of aromatic nitrogens is 6. The first-order chi connectivity index (χ1) is 18.2. The molecular formula is C26H27N9OS. The van der Waals surface area contributed by atoms with E-state index >= 15 is 0 Å². The maximum atomic E-state index is 12.6. The molecule has 5 aromatic rings. The van der Waals surface area contributed by atoms with Crippen LogP contribution in [0.4, 0.5) is 11.8 Å². The molecule has 0 radical (unpaired) electrons. The summed E-state index contributed by atoms with van der Waals surface area (Å²) in [5.41, 5.74) is 4.43. The van der Waals surface area contributed by atoms with Gasteiger partial charge in [0.25, 0.3) is 0 Å². The Morgan fingerprint density at radius 3 is 2.73 bits per heavy atom. The van der Waals surface area contributed by atoms with Crippen molar-refractivity contribution in [1.29, 1.82) is 0 Å². The summed E-state index contributed by atoms with van der Waals surface area (Å²) in [6.07, 6.45) is 4.88. The van der Waals surface area contributed by atoms with Gasteiger partial charge in [0.05, 0.1) is 23.3 Å². The van der Waals surface area contributed by atoms with Gasteiger partial charge < -0.3 is 20.1 Å². The van der Waals surface area contributed by atoms with Gasteiger partial charge in [0.1, 0.15) is 12.2 Å². The van der Waals surface area contributed by atoms with Crippen LogP contribution in [0.5, 0.6) is 0 Å². The van der Waals surface area contributed by atoms with Crippen LogP contribution < -0.4 is 10.2 Å². The van der Waals surface area contributed by atoms with Crippen LogP contribution in [-0.4, -0.2) is 66.5 Å². The molecule has 0 bridgehead atoms. The number of nitrogens with zero attached hydrogens (tertiary/aromatic N) is 7. The van der Waals surface area contributed by atoms with Crippen molar-refractivity contribution in [2.45, 2.75) is 25.8 Å². The Bertz CT molecular complexity index is 1530. The van der Waals surface area contributed by atoms with Crippen LogP contribution in [0.2, 0.25) is 0 Å². The molecule has 1 aliphatic carbocycles. The molecular weight excluding hydrogens is 486 g/mol. The lowest BCUT2D eigenvalue weighted by Gasteiger charge is -2.35. The maximum Gasteiger partial charge on any atom is 0.229 e. The van der Waals surface area contributed by atoms with Crippen molar-refractivity contribution in [1.82, 2.24) is 34.4 Å². The number of aromatic amines is 1. The zero-order valence-electron chi connectivity index (χ0n) is 20.3. The summed E-state index contributed by atoms with van der Waals surface area (Å²) in [5.74, 6) is 3.03. The quantitative estimate of drug-likeness (QED) is 0.341. The monoisotopic (exact) mass is 513 g/mol. The summed E-state index contributed by atoms with van der Waals surface area (Å²) in [6, 6.07) is 10.0. The van der Waals surface area contributed by atoms with Crippen LogP contribution in [0.15, 0.2) is 47.4 Å². The first-order valence-corrected chi connectivity index (χ1v) is 13.6. The highest BCUT2D eigenvalue weighted by Gasteiger charge is 2.29. The number of amides is 1. The Morgan fingerprint density at radius 1 is 1.08 bits per heavy atom. The second kappa shape index (κ2) is 9.15. The van der Waals surface area contributed by atoms with Gasteiger partial charge in [-0.15, -0.1) is 0 Å². The van der Waals surface area contributed by atoms with E-state index in [-0.39, 0.29) is 5.91 Å². The van der Waals surface area contributed by atoms with Gasteiger partial charge >= 0.3 is 0 Å². The lowest BCUT2D eigenvalue weighted by Crippen LogP contribution is -2.49. The molecule has 0 atom stereocenters. The van der Waals surface area contributed by atoms with Gasteiger partial charge in [0.2, 0.25) is 11.9 Å². The number of imidazole rings is 2. The molecule has 37 heavy (non-hydrogen) atoms. The minimum absolute atomic E-state index is 0.280. The lowest BCUT2D eigenvalue weighted by molar-refractivity contribution is -0.131. The number of carbonyl (C=O) groups excluding carboxylic acids is 1. The summed E-state index contributed by atoms with van der Waals surface area (Å²) in [5, 5.41) is 7.57. The molecule has 1 saturated heterocycles. The molecule has 2 N–H and O–H groups in total. The summed E-state index contributed by atoms with van der Waals surface area (Å²) in [6.45, 7) is 3.28. The Balaban J connectivity index is 1.17. The number of hydrogen-bond acceptors (Lipinski definition) is 8. The van der Waals surface area contributed by atoms with E-state index in [2.05, 4.69) is 36.6 Å².